The van der Waals surface area contributed by atoms with Crippen LogP contribution in [0, 0.1) is 5.92 Å². The maximum absolute atomic E-state index is 11.9. The quantitative estimate of drug-likeness (QED) is 0.506. The number of rotatable bonds is 5. The molecule has 18 heavy (non-hydrogen) atoms. The van der Waals surface area contributed by atoms with Crippen molar-refractivity contribution < 1.29 is 28.7 Å². The van der Waals surface area contributed by atoms with E-state index in [1.165, 1.54) is 14.2 Å². The van der Waals surface area contributed by atoms with Crippen molar-refractivity contribution >= 4 is 17.8 Å². The first-order chi connectivity index (χ1) is 8.51. The third kappa shape index (κ3) is 3.19. The summed E-state index contributed by atoms with van der Waals surface area (Å²) < 4.78 is 9.72. The van der Waals surface area contributed by atoms with Crippen molar-refractivity contribution in [3.63, 3.8) is 0 Å². The highest BCUT2D eigenvalue weighted by Crippen LogP contribution is 2.25. The number of carbonyl (C=O) groups is 3. The van der Waals surface area contributed by atoms with Crippen LogP contribution in [0.1, 0.15) is 19.8 Å². The standard InChI is InChI=1S/C11H17NO6/c1-4-5-17-11(15)9-7(6-8(13)18-9)10(14)12(2)16-3/h7,9H,4-6H2,1-3H3/t7-,9+/m0/s1. The average Bonchev–Trinajstić information content (AvgIpc) is 2.76. The SMILES string of the molecule is CCCOC(=O)[C@@H]1OC(=O)C[C@@H]1C(=O)N(C)OC. The maximum atomic E-state index is 11.9. The molecule has 1 heterocycles. The Kier molecular flexibility index (Phi) is 5.08. The Hall–Kier alpha value is -1.63. The minimum Gasteiger partial charge on any atom is -0.463 e. The van der Waals surface area contributed by atoms with E-state index in [1.54, 1.807) is 0 Å². The van der Waals surface area contributed by atoms with Gasteiger partial charge in [-0.3, -0.25) is 14.4 Å². The topological polar surface area (TPSA) is 82.1 Å². The zero-order valence-electron chi connectivity index (χ0n) is 10.7. The maximum Gasteiger partial charge on any atom is 0.348 e. The fourth-order valence-electron chi connectivity index (χ4n) is 1.60. The molecule has 1 saturated heterocycles. The van der Waals surface area contributed by atoms with Gasteiger partial charge in [0, 0.05) is 7.05 Å². The second-order valence-electron chi connectivity index (χ2n) is 3.91. The van der Waals surface area contributed by atoms with Crippen LogP contribution in [-0.4, -0.2) is 49.8 Å². The van der Waals surface area contributed by atoms with E-state index in [-0.39, 0.29) is 13.0 Å². The number of hydroxylamine groups is 2. The molecule has 0 aromatic carbocycles. The number of cyclic esters (lactones) is 1. The van der Waals surface area contributed by atoms with E-state index in [4.69, 9.17) is 14.3 Å². The Morgan fingerprint density at radius 3 is 2.72 bits per heavy atom. The molecule has 1 rings (SSSR count). The van der Waals surface area contributed by atoms with Crippen molar-refractivity contribution in [3.05, 3.63) is 0 Å². The summed E-state index contributed by atoms with van der Waals surface area (Å²) >= 11 is 0. The zero-order valence-corrected chi connectivity index (χ0v) is 10.7. The molecule has 0 saturated carbocycles. The van der Waals surface area contributed by atoms with Gasteiger partial charge in [-0.2, -0.15) is 0 Å². The predicted molar refractivity (Wildman–Crippen MR) is 59.0 cm³/mol. The average molecular weight is 259 g/mol. The fourth-order valence-corrected chi connectivity index (χ4v) is 1.60. The molecule has 1 aliphatic rings. The number of nitrogens with zero attached hydrogens (tertiary/aromatic N) is 1. The van der Waals surface area contributed by atoms with Crippen LogP contribution in [-0.2, 0) is 28.7 Å². The number of carbonyl (C=O) groups excluding carboxylic acids is 3. The largest absolute Gasteiger partial charge is 0.463 e. The molecule has 102 valence electrons. The highest BCUT2D eigenvalue weighted by molar-refractivity contribution is 5.93. The summed E-state index contributed by atoms with van der Waals surface area (Å²) in [7, 11) is 2.72. The lowest BCUT2D eigenvalue weighted by atomic mass is 10.0. The Labute approximate surface area is 105 Å². The number of esters is 2. The fraction of sp³-hybridized carbons (Fsp3) is 0.727. The molecule has 1 fully saturated rings. The molecular weight excluding hydrogens is 242 g/mol. The summed E-state index contributed by atoms with van der Waals surface area (Å²) in [5.41, 5.74) is 0. The Morgan fingerprint density at radius 1 is 1.50 bits per heavy atom. The second kappa shape index (κ2) is 6.34. The molecule has 7 nitrogen and oxygen atoms in total. The van der Waals surface area contributed by atoms with Gasteiger partial charge in [0.15, 0.2) is 0 Å². The lowest BCUT2D eigenvalue weighted by Crippen LogP contribution is -2.40. The minimum absolute atomic E-state index is 0.140. The Balaban J connectivity index is 2.72. The molecule has 0 radical (unpaired) electrons. The van der Waals surface area contributed by atoms with Gasteiger partial charge in [0.2, 0.25) is 6.10 Å². The van der Waals surface area contributed by atoms with Crippen LogP contribution in [0.25, 0.3) is 0 Å². The van der Waals surface area contributed by atoms with Gasteiger partial charge in [0.25, 0.3) is 5.91 Å². The summed E-state index contributed by atoms with van der Waals surface area (Å²) in [5.74, 6) is -2.64. The van der Waals surface area contributed by atoms with Gasteiger partial charge in [0.1, 0.15) is 0 Å². The van der Waals surface area contributed by atoms with Crippen LogP contribution in [0.5, 0.6) is 0 Å². The molecule has 0 bridgehead atoms. The van der Waals surface area contributed by atoms with Gasteiger partial charge in [0.05, 0.1) is 26.1 Å². The summed E-state index contributed by atoms with van der Waals surface area (Å²) in [6, 6.07) is 0. The van der Waals surface area contributed by atoms with Crippen LogP contribution < -0.4 is 0 Å². The van der Waals surface area contributed by atoms with Gasteiger partial charge in [-0.25, -0.2) is 9.86 Å². The van der Waals surface area contributed by atoms with E-state index >= 15 is 0 Å². The molecule has 1 aliphatic heterocycles. The van der Waals surface area contributed by atoms with E-state index in [0.29, 0.717) is 6.42 Å². The van der Waals surface area contributed by atoms with Crippen LogP contribution in [0.15, 0.2) is 0 Å². The first-order valence-electron chi connectivity index (χ1n) is 5.69. The molecule has 0 aromatic heterocycles. The molecule has 0 N–H and O–H groups in total. The number of amides is 1. The molecule has 0 unspecified atom stereocenters. The summed E-state index contributed by atoms with van der Waals surface area (Å²) in [6.45, 7) is 2.07. The van der Waals surface area contributed by atoms with Crippen molar-refractivity contribution in [2.45, 2.75) is 25.9 Å². The second-order valence-corrected chi connectivity index (χ2v) is 3.91. The third-order valence-corrected chi connectivity index (χ3v) is 2.59. The number of hydrogen-bond donors (Lipinski definition) is 0. The van der Waals surface area contributed by atoms with E-state index in [9.17, 15) is 14.4 Å². The molecule has 1 amide bonds. The molecular formula is C11H17NO6. The molecule has 0 aliphatic carbocycles. The zero-order chi connectivity index (χ0) is 13.7. The molecule has 0 spiro atoms. The van der Waals surface area contributed by atoms with Crippen LogP contribution in [0.2, 0.25) is 0 Å². The van der Waals surface area contributed by atoms with Crippen LogP contribution in [0.3, 0.4) is 0 Å². The first-order valence-corrected chi connectivity index (χ1v) is 5.69. The van der Waals surface area contributed by atoms with E-state index in [2.05, 4.69) is 0 Å². The van der Waals surface area contributed by atoms with Crippen molar-refractivity contribution in [1.29, 1.82) is 0 Å². The normalized spacial score (nSPS) is 22.5. The van der Waals surface area contributed by atoms with Gasteiger partial charge in [-0.05, 0) is 6.42 Å². The van der Waals surface area contributed by atoms with Gasteiger partial charge in [-0.1, -0.05) is 6.92 Å². The summed E-state index contributed by atoms with van der Waals surface area (Å²) in [5, 5.41) is 0.965. The molecule has 0 aromatic rings. The lowest BCUT2D eigenvalue weighted by molar-refractivity contribution is -0.179. The Morgan fingerprint density at radius 2 is 2.17 bits per heavy atom. The van der Waals surface area contributed by atoms with Crippen molar-refractivity contribution in [3.8, 4) is 0 Å². The van der Waals surface area contributed by atoms with Crippen molar-refractivity contribution in [2.75, 3.05) is 20.8 Å². The number of hydrogen-bond acceptors (Lipinski definition) is 6. The lowest BCUT2D eigenvalue weighted by Gasteiger charge is -2.20. The smallest absolute Gasteiger partial charge is 0.348 e. The molecule has 2 atom stereocenters. The summed E-state index contributed by atoms with van der Waals surface area (Å²) in [4.78, 5) is 39.5. The third-order valence-electron chi connectivity index (χ3n) is 2.59. The highest BCUT2D eigenvalue weighted by Gasteiger charge is 2.46. The van der Waals surface area contributed by atoms with Crippen LogP contribution in [0.4, 0.5) is 0 Å². The molecule has 7 heteroatoms. The van der Waals surface area contributed by atoms with Gasteiger partial charge >= 0.3 is 11.9 Å². The van der Waals surface area contributed by atoms with Crippen molar-refractivity contribution in [2.24, 2.45) is 5.92 Å². The summed E-state index contributed by atoms with van der Waals surface area (Å²) in [6.07, 6.45) is -0.657. The Bertz CT molecular complexity index is 342. The number of ether oxygens (including phenoxy) is 2. The van der Waals surface area contributed by atoms with E-state index < -0.39 is 29.9 Å². The minimum atomic E-state index is -1.17. The van der Waals surface area contributed by atoms with E-state index in [0.717, 1.165) is 5.06 Å². The first kappa shape index (κ1) is 14.4. The van der Waals surface area contributed by atoms with Crippen molar-refractivity contribution in [1.82, 2.24) is 5.06 Å². The van der Waals surface area contributed by atoms with Crippen LogP contribution >= 0.6 is 0 Å². The predicted octanol–water partition coefficient (Wildman–Crippen LogP) is -0.109. The highest BCUT2D eigenvalue weighted by atomic mass is 16.7. The van der Waals surface area contributed by atoms with Gasteiger partial charge in [-0.15, -0.1) is 0 Å². The monoisotopic (exact) mass is 259 g/mol. The van der Waals surface area contributed by atoms with E-state index in [1.807, 2.05) is 6.92 Å². The van der Waals surface area contributed by atoms with Gasteiger partial charge < -0.3 is 9.47 Å².